The molecule has 5 rings (SSSR count). The summed E-state index contributed by atoms with van der Waals surface area (Å²) in [5, 5.41) is 13.7. The molecule has 3 heterocycles. The molecule has 1 aliphatic heterocycles. The largest absolute Gasteiger partial charge is 0.454 e. The first kappa shape index (κ1) is 16.5. The van der Waals surface area contributed by atoms with Gasteiger partial charge in [-0.2, -0.15) is 0 Å². The molecule has 0 fully saturated rings. The fourth-order valence-electron chi connectivity index (χ4n) is 2.96. The molecule has 0 unspecified atom stereocenters. The smallest absolute Gasteiger partial charge is 0.346 e. The minimum atomic E-state index is -0.548. The van der Waals surface area contributed by atoms with Crippen molar-refractivity contribution in [3.63, 3.8) is 0 Å². The van der Waals surface area contributed by atoms with Crippen molar-refractivity contribution in [2.75, 3.05) is 6.79 Å². The fourth-order valence-corrected chi connectivity index (χ4v) is 3.79. The highest BCUT2D eigenvalue weighted by atomic mass is 32.1. The number of non-ortho nitro benzene ring substituents is 1. The molecule has 138 valence electrons. The fraction of sp³-hybridized carbons (Fsp3) is 0.0526. The molecule has 4 aromatic rings. The van der Waals surface area contributed by atoms with Crippen LogP contribution in [0.3, 0.4) is 0 Å². The van der Waals surface area contributed by atoms with Crippen molar-refractivity contribution in [3.8, 4) is 33.3 Å². The average molecular weight is 394 g/mol. The summed E-state index contributed by atoms with van der Waals surface area (Å²) in [5.41, 5.74) is 1.42. The van der Waals surface area contributed by atoms with Crippen LogP contribution in [-0.2, 0) is 0 Å². The predicted octanol–water partition coefficient (Wildman–Crippen LogP) is 4.22. The Bertz CT molecular complexity index is 1310. The van der Waals surface area contributed by atoms with Crippen LogP contribution in [0.25, 0.3) is 32.8 Å². The molecule has 28 heavy (non-hydrogen) atoms. The second-order valence-corrected chi connectivity index (χ2v) is 6.89. The first-order chi connectivity index (χ1) is 13.6. The Balaban J connectivity index is 1.58. The van der Waals surface area contributed by atoms with Crippen LogP contribution >= 0.6 is 11.3 Å². The molecule has 0 atom stereocenters. The number of hydrogen-bond acceptors (Lipinski definition) is 8. The summed E-state index contributed by atoms with van der Waals surface area (Å²) in [5.74, 6) is 1.32. The molecule has 1 aliphatic rings. The standard InChI is InChI=1S/C19H10N2O6S/c22-19-13(6-11-5-12(21(23)24)2-4-15(11)27-19)18-20-14(8-28-18)10-1-3-16-17(7-10)26-9-25-16/h1-8H,9H2. The van der Waals surface area contributed by atoms with Gasteiger partial charge in [-0.15, -0.1) is 11.3 Å². The van der Waals surface area contributed by atoms with E-state index in [2.05, 4.69) is 4.98 Å². The molecule has 0 aliphatic carbocycles. The normalized spacial score (nSPS) is 12.4. The van der Waals surface area contributed by atoms with Crippen molar-refractivity contribution in [3.05, 3.63) is 68.4 Å². The van der Waals surface area contributed by atoms with E-state index in [9.17, 15) is 14.9 Å². The van der Waals surface area contributed by atoms with Crippen LogP contribution in [0, 0.1) is 10.1 Å². The maximum absolute atomic E-state index is 12.4. The van der Waals surface area contributed by atoms with Crippen molar-refractivity contribution >= 4 is 28.0 Å². The van der Waals surface area contributed by atoms with Gasteiger partial charge in [0.1, 0.15) is 10.6 Å². The Labute approximate surface area is 160 Å². The molecule has 8 nitrogen and oxygen atoms in total. The maximum atomic E-state index is 12.4. The molecule has 0 amide bonds. The van der Waals surface area contributed by atoms with Crippen LogP contribution in [0.4, 0.5) is 5.69 Å². The van der Waals surface area contributed by atoms with E-state index in [0.717, 1.165) is 5.56 Å². The quantitative estimate of drug-likeness (QED) is 0.291. The lowest BCUT2D eigenvalue weighted by Crippen LogP contribution is -2.02. The van der Waals surface area contributed by atoms with E-state index < -0.39 is 10.5 Å². The first-order valence-electron chi connectivity index (χ1n) is 8.17. The Morgan fingerprint density at radius 2 is 1.93 bits per heavy atom. The summed E-state index contributed by atoms with van der Waals surface area (Å²) < 4.78 is 16.0. The summed E-state index contributed by atoms with van der Waals surface area (Å²) >= 11 is 1.29. The summed E-state index contributed by atoms with van der Waals surface area (Å²) in [6, 6.07) is 11.1. The number of nitro benzene ring substituents is 1. The number of benzene rings is 2. The van der Waals surface area contributed by atoms with Crippen molar-refractivity contribution in [2.45, 2.75) is 0 Å². The molecule has 9 heteroatoms. The Morgan fingerprint density at radius 1 is 1.07 bits per heavy atom. The second kappa shape index (κ2) is 6.17. The Hall–Kier alpha value is -3.72. The number of thiazole rings is 1. The van der Waals surface area contributed by atoms with Gasteiger partial charge in [-0.1, -0.05) is 0 Å². The van der Waals surface area contributed by atoms with Gasteiger partial charge < -0.3 is 13.9 Å². The lowest BCUT2D eigenvalue weighted by atomic mass is 10.1. The van der Waals surface area contributed by atoms with Crippen LogP contribution < -0.4 is 15.1 Å². The van der Waals surface area contributed by atoms with Gasteiger partial charge in [-0.3, -0.25) is 10.1 Å². The second-order valence-electron chi connectivity index (χ2n) is 6.03. The summed E-state index contributed by atoms with van der Waals surface area (Å²) in [4.78, 5) is 27.4. The Morgan fingerprint density at radius 3 is 2.79 bits per heavy atom. The lowest BCUT2D eigenvalue weighted by Gasteiger charge is -2.01. The van der Waals surface area contributed by atoms with E-state index in [0.29, 0.717) is 27.6 Å². The molecule has 0 bridgehead atoms. The molecule has 2 aromatic heterocycles. The van der Waals surface area contributed by atoms with E-state index in [1.165, 1.54) is 29.5 Å². The van der Waals surface area contributed by atoms with Crippen LogP contribution in [0.5, 0.6) is 11.5 Å². The zero-order valence-electron chi connectivity index (χ0n) is 14.1. The number of aromatic nitrogens is 1. The van der Waals surface area contributed by atoms with Crippen molar-refractivity contribution < 1.29 is 18.8 Å². The summed E-state index contributed by atoms with van der Waals surface area (Å²) in [7, 11) is 0. The SMILES string of the molecule is O=c1oc2ccc([N+](=O)[O-])cc2cc1-c1nc(-c2ccc3c(c2)OCO3)cs1. The number of hydrogen-bond donors (Lipinski definition) is 0. The van der Waals surface area contributed by atoms with Gasteiger partial charge in [0, 0.05) is 28.5 Å². The van der Waals surface area contributed by atoms with Gasteiger partial charge >= 0.3 is 5.63 Å². The molecule has 2 aromatic carbocycles. The minimum Gasteiger partial charge on any atom is -0.454 e. The zero-order valence-corrected chi connectivity index (χ0v) is 14.9. The number of fused-ring (bicyclic) bond motifs is 2. The van der Waals surface area contributed by atoms with Gasteiger partial charge in [-0.25, -0.2) is 9.78 Å². The highest BCUT2D eigenvalue weighted by Gasteiger charge is 2.17. The van der Waals surface area contributed by atoms with Crippen molar-refractivity contribution in [2.24, 2.45) is 0 Å². The van der Waals surface area contributed by atoms with Gasteiger partial charge in [-0.05, 0) is 30.3 Å². The number of ether oxygens (including phenoxy) is 2. The van der Waals surface area contributed by atoms with Crippen molar-refractivity contribution in [1.29, 1.82) is 0 Å². The van der Waals surface area contributed by atoms with Gasteiger partial charge in [0.15, 0.2) is 11.5 Å². The Kier molecular flexibility index (Phi) is 3.63. The van der Waals surface area contributed by atoms with E-state index in [4.69, 9.17) is 13.9 Å². The van der Waals surface area contributed by atoms with E-state index in [1.807, 2.05) is 17.5 Å². The molecule has 0 saturated carbocycles. The maximum Gasteiger partial charge on any atom is 0.346 e. The monoisotopic (exact) mass is 394 g/mol. The van der Waals surface area contributed by atoms with Gasteiger partial charge in [0.2, 0.25) is 6.79 Å². The third kappa shape index (κ3) is 2.69. The van der Waals surface area contributed by atoms with E-state index >= 15 is 0 Å². The molecular formula is C19H10N2O6S. The van der Waals surface area contributed by atoms with Crippen LogP contribution in [0.2, 0.25) is 0 Å². The highest BCUT2D eigenvalue weighted by Crippen LogP contribution is 2.37. The van der Waals surface area contributed by atoms with Crippen molar-refractivity contribution in [1.82, 2.24) is 4.98 Å². The molecular weight excluding hydrogens is 384 g/mol. The van der Waals surface area contributed by atoms with Gasteiger partial charge in [0.05, 0.1) is 16.2 Å². The summed E-state index contributed by atoms with van der Waals surface area (Å²) in [6.07, 6.45) is 0. The topological polar surface area (TPSA) is 105 Å². The van der Waals surface area contributed by atoms with Crippen LogP contribution in [0.1, 0.15) is 0 Å². The zero-order chi connectivity index (χ0) is 19.3. The lowest BCUT2D eigenvalue weighted by molar-refractivity contribution is -0.384. The first-order valence-corrected chi connectivity index (χ1v) is 9.05. The molecule has 0 spiro atoms. The minimum absolute atomic E-state index is 0.0764. The number of nitro groups is 1. The highest BCUT2D eigenvalue weighted by molar-refractivity contribution is 7.13. The van der Waals surface area contributed by atoms with E-state index in [-0.39, 0.29) is 23.6 Å². The number of rotatable bonds is 3. The third-order valence-electron chi connectivity index (χ3n) is 4.33. The van der Waals surface area contributed by atoms with Gasteiger partial charge in [0.25, 0.3) is 5.69 Å². The number of nitrogens with zero attached hydrogens (tertiary/aromatic N) is 2. The van der Waals surface area contributed by atoms with Crippen LogP contribution in [-0.4, -0.2) is 16.7 Å². The summed E-state index contributed by atoms with van der Waals surface area (Å²) in [6.45, 7) is 0.186. The van der Waals surface area contributed by atoms with E-state index in [1.54, 1.807) is 12.1 Å². The molecule has 0 radical (unpaired) electrons. The predicted molar refractivity (Wildman–Crippen MR) is 102 cm³/mol. The van der Waals surface area contributed by atoms with Crippen LogP contribution in [0.15, 0.2) is 57.1 Å². The average Bonchev–Trinajstić information content (AvgIpc) is 3.35. The molecule has 0 saturated heterocycles. The molecule has 0 N–H and O–H groups in total. The third-order valence-corrected chi connectivity index (χ3v) is 5.21.